The van der Waals surface area contributed by atoms with Crippen molar-refractivity contribution in [3.63, 3.8) is 0 Å². The van der Waals surface area contributed by atoms with Crippen LogP contribution in [0.1, 0.15) is 11.3 Å². The molecule has 3 heterocycles. The van der Waals surface area contributed by atoms with Crippen LogP contribution in [0.5, 0.6) is 5.75 Å². The summed E-state index contributed by atoms with van der Waals surface area (Å²) in [6.07, 6.45) is 1.77. The molecule has 29 heavy (non-hydrogen) atoms. The van der Waals surface area contributed by atoms with Gasteiger partial charge >= 0.3 is 0 Å². The number of nitrogens with zero attached hydrogens (tertiary/aromatic N) is 5. The molecule has 0 fully saturated rings. The summed E-state index contributed by atoms with van der Waals surface area (Å²) in [5.74, 6) is 1.14. The topological polar surface area (TPSA) is 93.0 Å². The van der Waals surface area contributed by atoms with E-state index in [1.54, 1.807) is 13.3 Å². The SMILES string of the molecule is COc1ccc2c(c1)c(/C=N\Nc1nnc3c(n1)[nH]c1ccccc13)c(C)n2C. The van der Waals surface area contributed by atoms with Gasteiger partial charge in [0.15, 0.2) is 5.65 Å². The maximum Gasteiger partial charge on any atom is 0.265 e. The number of hydrazone groups is 1. The van der Waals surface area contributed by atoms with E-state index in [-0.39, 0.29) is 0 Å². The van der Waals surface area contributed by atoms with Gasteiger partial charge in [-0.25, -0.2) is 5.43 Å². The molecular weight excluding hydrogens is 366 g/mol. The van der Waals surface area contributed by atoms with Gasteiger partial charge in [-0.2, -0.15) is 10.1 Å². The maximum absolute atomic E-state index is 5.36. The van der Waals surface area contributed by atoms with Crippen LogP contribution in [0, 0.1) is 6.92 Å². The Kier molecular flexibility index (Phi) is 3.90. The highest BCUT2D eigenvalue weighted by atomic mass is 16.5. The lowest BCUT2D eigenvalue weighted by atomic mass is 10.1. The molecule has 0 unspecified atom stereocenters. The van der Waals surface area contributed by atoms with E-state index in [9.17, 15) is 0 Å². The van der Waals surface area contributed by atoms with Gasteiger partial charge in [0.25, 0.3) is 5.95 Å². The minimum Gasteiger partial charge on any atom is -0.497 e. The largest absolute Gasteiger partial charge is 0.497 e. The first-order valence-corrected chi connectivity index (χ1v) is 9.19. The number of aromatic amines is 1. The molecule has 2 N–H and O–H groups in total. The van der Waals surface area contributed by atoms with Crippen LogP contribution in [0.2, 0.25) is 0 Å². The molecule has 0 aliphatic rings. The van der Waals surface area contributed by atoms with Crippen LogP contribution < -0.4 is 10.2 Å². The first-order valence-electron chi connectivity index (χ1n) is 9.19. The molecule has 0 atom stereocenters. The van der Waals surface area contributed by atoms with Crippen LogP contribution in [0.25, 0.3) is 33.0 Å². The molecule has 2 aromatic carbocycles. The Labute approximate surface area is 166 Å². The third kappa shape index (κ3) is 2.77. The monoisotopic (exact) mass is 385 g/mol. The molecule has 0 saturated carbocycles. The highest BCUT2D eigenvalue weighted by Gasteiger charge is 2.12. The third-order valence-electron chi connectivity index (χ3n) is 5.23. The fourth-order valence-electron chi connectivity index (χ4n) is 3.59. The molecule has 3 aromatic heterocycles. The van der Waals surface area contributed by atoms with Crippen LogP contribution in [0.3, 0.4) is 0 Å². The molecule has 0 amide bonds. The predicted molar refractivity (Wildman–Crippen MR) is 115 cm³/mol. The minimum absolute atomic E-state index is 0.329. The van der Waals surface area contributed by atoms with Crippen LogP contribution >= 0.6 is 0 Å². The number of hydrogen-bond donors (Lipinski definition) is 2. The Morgan fingerprint density at radius 3 is 2.86 bits per heavy atom. The average molecular weight is 385 g/mol. The van der Waals surface area contributed by atoms with Crippen molar-refractivity contribution in [2.75, 3.05) is 12.5 Å². The first kappa shape index (κ1) is 17.2. The predicted octanol–water partition coefficient (Wildman–Crippen LogP) is 3.76. The molecule has 0 saturated heterocycles. The summed E-state index contributed by atoms with van der Waals surface area (Å²) in [4.78, 5) is 7.73. The summed E-state index contributed by atoms with van der Waals surface area (Å²) < 4.78 is 7.49. The van der Waals surface area contributed by atoms with Gasteiger partial charge in [0.05, 0.1) is 13.3 Å². The number of benzene rings is 2. The van der Waals surface area contributed by atoms with Gasteiger partial charge in [0.2, 0.25) is 0 Å². The second-order valence-corrected chi connectivity index (χ2v) is 6.81. The summed E-state index contributed by atoms with van der Waals surface area (Å²) in [5, 5.41) is 14.8. The van der Waals surface area contributed by atoms with Crippen molar-refractivity contribution in [2.24, 2.45) is 12.1 Å². The number of aryl methyl sites for hydroxylation is 1. The number of para-hydroxylation sites is 1. The number of fused-ring (bicyclic) bond motifs is 4. The summed E-state index contributed by atoms with van der Waals surface area (Å²) in [6.45, 7) is 2.06. The average Bonchev–Trinajstić information content (AvgIpc) is 3.23. The Hall–Kier alpha value is -3.94. The Balaban J connectivity index is 1.48. The summed E-state index contributed by atoms with van der Waals surface area (Å²) in [5.41, 5.74) is 8.50. The quantitative estimate of drug-likeness (QED) is 0.363. The van der Waals surface area contributed by atoms with Gasteiger partial charge in [-0.3, -0.25) is 0 Å². The van der Waals surface area contributed by atoms with E-state index in [0.717, 1.165) is 44.3 Å². The van der Waals surface area contributed by atoms with E-state index in [1.807, 2.05) is 49.5 Å². The number of hydrogen-bond acceptors (Lipinski definition) is 6. The maximum atomic E-state index is 5.36. The van der Waals surface area contributed by atoms with Crippen molar-refractivity contribution in [1.29, 1.82) is 0 Å². The van der Waals surface area contributed by atoms with Gasteiger partial charge in [-0.1, -0.05) is 18.2 Å². The molecule has 0 aliphatic heterocycles. The highest BCUT2D eigenvalue weighted by molar-refractivity contribution is 6.03. The lowest BCUT2D eigenvalue weighted by Gasteiger charge is -2.00. The number of H-pyrrole nitrogens is 1. The third-order valence-corrected chi connectivity index (χ3v) is 5.23. The summed E-state index contributed by atoms with van der Waals surface area (Å²) >= 11 is 0. The van der Waals surface area contributed by atoms with E-state index < -0.39 is 0 Å². The summed E-state index contributed by atoms with van der Waals surface area (Å²) in [6, 6.07) is 13.9. The van der Waals surface area contributed by atoms with Crippen molar-refractivity contribution in [3.8, 4) is 5.75 Å². The number of aromatic nitrogens is 5. The molecular formula is C21H19N7O. The molecule has 0 radical (unpaired) electrons. The van der Waals surface area contributed by atoms with E-state index in [0.29, 0.717) is 11.6 Å². The Morgan fingerprint density at radius 2 is 2.00 bits per heavy atom. The van der Waals surface area contributed by atoms with Crippen molar-refractivity contribution < 1.29 is 4.74 Å². The van der Waals surface area contributed by atoms with Crippen molar-refractivity contribution in [1.82, 2.24) is 24.7 Å². The van der Waals surface area contributed by atoms with Gasteiger partial charge in [-0.15, -0.1) is 10.2 Å². The lowest BCUT2D eigenvalue weighted by Crippen LogP contribution is -1.99. The number of ether oxygens (including phenoxy) is 1. The molecule has 8 heteroatoms. The molecule has 8 nitrogen and oxygen atoms in total. The number of methoxy groups -OCH3 is 1. The van der Waals surface area contributed by atoms with Gasteiger partial charge in [0, 0.05) is 40.1 Å². The Bertz CT molecular complexity index is 1400. The molecule has 144 valence electrons. The lowest BCUT2D eigenvalue weighted by molar-refractivity contribution is 0.415. The van der Waals surface area contributed by atoms with Crippen molar-refractivity contribution in [3.05, 3.63) is 53.7 Å². The second kappa shape index (κ2) is 6.59. The van der Waals surface area contributed by atoms with Crippen molar-refractivity contribution >= 4 is 45.1 Å². The zero-order valence-corrected chi connectivity index (χ0v) is 16.3. The zero-order chi connectivity index (χ0) is 20.0. The molecule has 5 rings (SSSR count). The van der Waals surface area contributed by atoms with E-state index in [4.69, 9.17) is 4.74 Å². The fourth-order valence-corrected chi connectivity index (χ4v) is 3.59. The van der Waals surface area contributed by atoms with Crippen molar-refractivity contribution in [2.45, 2.75) is 6.92 Å². The second-order valence-electron chi connectivity index (χ2n) is 6.81. The first-order chi connectivity index (χ1) is 14.2. The van der Waals surface area contributed by atoms with Crippen LogP contribution in [0.15, 0.2) is 47.6 Å². The highest BCUT2D eigenvalue weighted by Crippen LogP contribution is 2.27. The zero-order valence-electron chi connectivity index (χ0n) is 16.3. The standard InChI is InChI=1S/C21H19N7O/c1-12-16(15-10-13(29-3)8-9-18(15)28(12)2)11-22-26-21-24-20-19(25-27-21)14-6-4-5-7-17(14)23-20/h4-11H,1-3H3,(H2,23,24,26,27)/b22-11-. The van der Waals surface area contributed by atoms with Gasteiger partial charge in [-0.05, 0) is 31.2 Å². The molecule has 0 bridgehead atoms. The molecule has 5 aromatic rings. The van der Waals surface area contributed by atoms with E-state index in [2.05, 4.69) is 42.2 Å². The Morgan fingerprint density at radius 1 is 1.14 bits per heavy atom. The molecule has 0 spiro atoms. The van der Waals surface area contributed by atoms with Crippen LogP contribution in [-0.2, 0) is 7.05 Å². The van der Waals surface area contributed by atoms with Gasteiger partial charge < -0.3 is 14.3 Å². The normalized spacial score (nSPS) is 11.8. The number of anilines is 1. The minimum atomic E-state index is 0.329. The fraction of sp³-hybridized carbons (Fsp3) is 0.143. The molecule has 0 aliphatic carbocycles. The van der Waals surface area contributed by atoms with E-state index in [1.165, 1.54) is 0 Å². The van der Waals surface area contributed by atoms with Crippen LogP contribution in [-0.4, -0.2) is 38.1 Å². The van der Waals surface area contributed by atoms with Crippen LogP contribution in [0.4, 0.5) is 5.95 Å². The summed E-state index contributed by atoms with van der Waals surface area (Å²) in [7, 11) is 3.70. The number of rotatable bonds is 4. The van der Waals surface area contributed by atoms with E-state index >= 15 is 0 Å². The smallest absolute Gasteiger partial charge is 0.265 e. The van der Waals surface area contributed by atoms with Gasteiger partial charge in [0.1, 0.15) is 11.3 Å². The number of nitrogens with one attached hydrogen (secondary N) is 2.